The molecule has 0 fully saturated rings. The molecule has 6 rings (SSSR count). The first-order valence-corrected chi connectivity index (χ1v) is 9.96. The normalized spacial score (nSPS) is 11.4. The smallest absolute Gasteiger partial charge is 0.0544 e. The number of fused-ring (bicyclic) bond motifs is 4. The van der Waals surface area contributed by atoms with Crippen LogP contribution in [0.5, 0.6) is 0 Å². The lowest BCUT2D eigenvalue weighted by molar-refractivity contribution is 1.54. The van der Waals surface area contributed by atoms with Crippen LogP contribution in [-0.2, 0) is 0 Å². The van der Waals surface area contributed by atoms with Gasteiger partial charge in [0.1, 0.15) is 0 Å². The lowest BCUT2D eigenvalue weighted by atomic mass is 9.96. The minimum Gasteiger partial charge on any atom is -0.354 e. The molecule has 0 atom stereocenters. The van der Waals surface area contributed by atoms with Gasteiger partial charge in [-0.1, -0.05) is 97.1 Å². The van der Waals surface area contributed by atoms with E-state index in [1.165, 1.54) is 54.8 Å². The summed E-state index contributed by atoms with van der Waals surface area (Å²) < 4.78 is 0. The molecule has 5 aromatic carbocycles. The fraction of sp³-hybridized carbons (Fsp3) is 0. The molecule has 0 radical (unpaired) electrons. The second-order valence-electron chi connectivity index (χ2n) is 7.51. The van der Waals surface area contributed by atoms with Crippen LogP contribution in [0, 0.1) is 0 Å². The molecule has 0 bridgehead atoms. The Morgan fingerprint density at radius 2 is 1.17 bits per heavy atom. The molecule has 0 aliphatic heterocycles. The molecule has 0 saturated heterocycles. The number of rotatable bonds is 2. The van der Waals surface area contributed by atoms with Gasteiger partial charge < -0.3 is 4.98 Å². The van der Waals surface area contributed by atoms with Crippen molar-refractivity contribution in [3.63, 3.8) is 0 Å². The molecule has 0 amide bonds. The largest absolute Gasteiger partial charge is 0.354 e. The average molecular weight is 369 g/mol. The summed E-state index contributed by atoms with van der Waals surface area (Å²) in [6.45, 7) is 0. The van der Waals surface area contributed by atoms with Gasteiger partial charge in [-0.3, -0.25) is 0 Å². The minimum absolute atomic E-state index is 1.17. The number of benzene rings is 5. The maximum absolute atomic E-state index is 3.69. The van der Waals surface area contributed by atoms with E-state index < -0.39 is 0 Å². The van der Waals surface area contributed by atoms with Crippen molar-refractivity contribution in [3.05, 3.63) is 109 Å². The highest BCUT2D eigenvalue weighted by atomic mass is 14.7. The standard InChI is InChI=1S/C28H19N/c1-2-8-19(9-3-1)21-16-17-27-26(18-21)25-15-7-14-24(28(25)29-27)23-13-6-11-20-10-4-5-12-22(20)23/h1-18,29H. The van der Waals surface area contributed by atoms with E-state index in [4.69, 9.17) is 0 Å². The number of aromatic nitrogens is 1. The van der Waals surface area contributed by atoms with Gasteiger partial charge in [-0.2, -0.15) is 0 Å². The molecule has 29 heavy (non-hydrogen) atoms. The molecule has 0 unspecified atom stereocenters. The molecule has 0 aliphatic carbocycles. The fourth-order valence-electron chi connectivity index (χ4n) is 4.42. The van der Waals surface area contributed by atoms with Crippen molar-refractivity contribution in [2.24, 2.45) is 0 Å². The van der Waals surface area contributed by atoms with E-state index in [0.29, 0.717) is 0 Å². The van der Waals surface area contributed by atoms with Crippen LogP contribution in [-0.4, -0.2) is 4.98 Å². The molecule has 6 aromatic rings. The highest BCUT2D eigenvalue weighted by Crippen LogP contribution is 2.37. The van der Waals surface area contributed by atoms with Crippen molar-refractivity contribution >= 4 is 32.6 Å². The first-order valence-electron chi connectivity index (χ1n) is 9.96. The SMILES string of the molecule is c1ccc(-c2ccc3[nH]c4c(-c5cccc6ccccc56)cccc4c3c2)cc1. The van der Waals surface area contributed by atoms with Gasteiger partial charge in [0, 0.05) is 21.9 Å². The van der Waals surface area contributed by atoms with Crippen LogP contribution in [0.4, 0.5) is 0 Å². The summed E-state index contributed by atoms with van der Waals surface area (Å²) in [6, 6.07) is 39.0. The first kappa shape index (κ1) is 16.1. The van der Waals surface area contributed by atoms with E-state index in [2.05, 4.69) is 114 Å². The third-order valence-corrected chi connectivity index (χ3v) is 5.82. The zero-order valence-electron chi connectivity index (χ0n) is 15.9. The quantitative estimate of drug-likeness (QED) is 0.320. The molecule has 1 N–H and O–H groups in total. The predicted octanol–water partition coefficient (Wildman–Crippen LogP) is 7.81. The Kier molecular flexibility index (Phi) is 3.54. The van der Waals surface area contributed by atoms with Crippen LogP contribution in [0.25, 0.3) is 54.8 Å². The molecular weight excluding hydrogens is 350 g/mol. The van der Waals surface area contributed by atoms with E-state index in [1.807, 2.05) is 0 Å². The third kappa shape index (κ3) is 2.55. The van der Waals surface area contributed by atoms with Crippen LogP contribution in [0.15, 0.2) is 109 Å². The summed E-state index contributed by atoms with van der Waals surface area (Å²) in [5.41, 5.74) is 7.38. The Morgan fingerprint density at radius 1 is 0.448 bits per heavy atom. The molecular formula is C28H19N. The molecule has 1 aromatic heterocycles. The van der Waals surface area contributed by atoms with Crippen LogP contribution in [0.3, 0.4) is 0 Å². The number of para-hydroxylation sites is 1. The Morgan fingerprint density at radius 3 is 2.10 bits per heavy atom. The van der Waals surface area contributed by atoms with E-state index in [0.717, 1.165) is 0 Å². The second kappa shape index (κ2) is 6.35. The van der Waals surface area contributed by atoms with Gasteiger partial charge in [0.05, 0.1) is 5.52 Å². The lowest BCUT2D eigenvalue weighted by Crippen LogP contribution is -1.83. The van der Waals surface area contributed by atoms with Crippen molar-refractivity contribution < 1.29 is 0 Å². The summed E-state index contributed by atoms with van der Waals surface area (Å²) >= 11 is 0. The average Bonchev–Trinajstić information content (AvgIpc) is 3.17. The van der Waals surface area contributed by atoms with E-state index in [9.17, 15) is 0 Å². The molecule has 0 spiro atoms. The Hall–Kier alpha value is -3.84. The van der Waals surface area contributed by atoms with Gasteiger partial charge >= 0.3 is 0 Å². The van der Waals surface area contributed by atoms with Crippen molar-refractivity contribution in [1.29, 1.82) is 0 Å². The van der Waals surface area contributed by atoms with E-state index in [1.54, 1.807) is 0 Å². The van der Waals surface area contributed by atoms with Crippen LogP contribution in [0.2, 0.25) is 0 Å². The molecule has 136 valence electrons. The Labute approximate surface area is 169 Å². The summed E-state index contributed by atoms with van der Waals surface area (Å²) in [5.74, 6) is 0. The molecule has 0 saturated carbocycles. The maximum Gasteiger partial charge on any atom is 0.0544 e. The Balaban J connectivity index is 1.63. The van der Waals surface area contributed by atoms with Gasteiger partial charge in [-0.25, -0.2) is 0 Å². The molecule has 0 aliphatic rings. The molecule has 1 heteroatoms. The van der Waals surface area contributed by atoms with Crippen molar-refractivity contribution in [3.8, 4) is 22.3 Å². The van der Waals surface area contributed by atoms with Gasteiger partial charge in [0.15, 0.2) is 0 Å². The summed E-state index contributed by atoms with van der Waals surface area (Å²) in [7, 11) is 0. The summed E-state index contributed by atoms with van der Waals surface area (Å²) in [4.78, 5) is 3.69. The monoisotopic (exact) mass is 369 g/mol. The summed E-state index contributed by atoms with van der Waals surface area (Å²) in [6.07, 6.45) is 0. The van der Waals surface area contributed by atoms with Crippen LogP contribution in [0.1, 0.15) is 0 Å². The minimum atomic E-state index is 1.17. The van der Waals surface area contributed by atoms with Gasteiger partial charge in [-0.15, -0.1) is 0 Å². The highest BCUT2D eigenvalue weighted by Gasteiger charge is 2.12. The zero-order chi connectivity index (χ0) is 19.2. The van der Waals surface area contributed by atoms with Gasteiger partial charge in [-0.05, 0) is 39.6 Å². The number of nitrogens with one attached hydrogen (secondary N) is 1. The van der Waals surface area contributed by atoms with Gasteiger partial charge in [0.2, 0.25) is 0 Å². The van der Waals surface area contributed by atoms with Crippen molar-refractivity contribution in [1.82, 2.24) is 4.98 Å². The third-order valence-electron chi connectivity index (χ3n) is 5.82. The summed E-state index contributed by atoms with van der Waals surface area (Å²) in [5, 5.41) is 5.09. The predicted molar refractivity (Wildman–Crippen MR) is 124 cm³/mol. The number of aromatic amines is 1. The zero-order valence-corrected chi connectivity index (χ0v) is 15.9. The second-order valence-corrected chi connectivity index (χ2v) is 7.51. The fourth-order valence-corrected chi connectivity index (χ4v) is 4.42. The van der Waals surface area contributed by atoms with Crippen molar-refractivity contribution in [2.75, 3.05) is 0 Å². The maximum atomic E-state index is 3.69. The lowest BCUT2D eigenvalue weighted by Gasteiger charge is -2.08. The number of H-pyrrole nitrogens is 1. The molecule has 1 nitrogen and oxygen atoms in total. The number of hydrogen-bond donors (Lipinski definition) is 1. The van der Waals surface area contributed by atoms with Crippen LogP contribution < -0.4 is 0 Å². The highest BCUT2D eigenvalue weighted by molar-refractivity contribution is 6.14. The van der Waals surface area contributed by atoms with Gasteiger partial charge in [0.25, 0.3) is 0 Å². The van der Waals surface area contributed by atoms with E-state index >= 15 is 0 Å². The van der Waals surface area contributed by atoms with E-state index in [-0.39, 0.29) is 0 Å². The number of hydrogen-bond acceptors (Lipinski definition) is 0. The molecule has 1 heterocycles. The van der Waals surface area contributed by atoms with Crippen molar-refractivity contribution in [2.45, 2.75) is 0 Å². The topological polar surface area (TPSA) is 15.8 Å². The van der Waals surface area contributed by atoms with Crippen LogP contribution >= 0.6 is 0 Å². The first-order chi connectivity index (χ1) is 14.4. The Bertz CT molecular complexity index is 1480.